The van der Waals surface area contributed by atoms with E-state index in [1.165, 1.54) is 6.92 Å². The molecule has 1 rings (SSSR count). The summed E-state index contributed by atoms with van der Waals surface area (Å²) in [6, 6.07) is 8.30. The summed E-state index contributed by atoms with van der Waals surface area (Å²) in [5.74, 6) is -1.25. The van der Waals surface area contributed by atoms with E-state index in [1.54, 1.807) is 31.2 Å². The van der Waals surface area contributed by atoms with Gasteiger partial charge in [0.15, 0.2) is 5.78 Å². The summed E-state index contributed by atoms with van der Waals surface area (Å²) < 4.78 is 4.85. The molecule has 0 heterocycles. The first-order valence-corrected chi connectivity index (χ1v) is 8.20. The molecule has 0 saturated heterocycles. The van der Waals surface area contributed by atoms with Crippen LogP contribution in [0, 0.1) is 17.2 Å². The van der Waals surface area contributed by atoms with E-state index in [2.05, 4.69) is 0 Å². The Bertz CT molecular complexity index is 613. The van der Waals surface area contributed by atoms with E-state index >= 15 is 0 Å². The van der Waals surface area contributed by atoms with E-state index in [0.717, 1.165) is 6.42 Å². The van der Waals surface area contributed by atoms with Crippen LogP contribution in [0.4, 0.5) is 0 Å². The van der Waals surface area contributed by atoms with Gasteiger partial charge in [-0.2, -0.15) is 5.26 Å². The van der Waals surface area contributed by atoms with Crippen LogP contribution in [0.1, 0.15) is 61.9 Å². The lowest BCUT2D eigenvalue weighted by molar-refractivity contribution is -0.143. The normalized spacial score (nSPS) is 11.4. The van der Waals surface area contributed by atoms with Crippen LogP contribution in [-0.4, -0.2) is 24.1 Å². The molecular weight excluding hydrogens is 306 g/mol. The molecule has 0 bridgehead atoms. The molecular formula is C19H23NO4. The molecule has 0 fully saturated rings. The highest BCUT2D eigenvalue weighted by Gasteiger charge is 2.24. The number of esters is 1. The third kappa shape index (κ3) is 6.33. The van der Waals surface area contributed by atoms with Crippen molar-refractivity contribution >= 4 is 17.5 Å². The Kier molecular flexibility index (Phi) is 8.42. The Morgan fingerprint density at radius 2 is 1.79 bits per heavy atom. The fourth-order valence-corrected chi connectivity index (χ4v) is 2.46. The second-order valence-corrected chi connectivity index (χ2v) is 5.62. The quantitative estimate of drug-likeness (QED) is 0.284. The Morgan fingerprint density at radius 3 is 2.33 bits per heavy atom. The topological polar surface area (TPSA) is 84.2 Å². The number of nitrogens with zero attached hydrogens (tertiary/aromatic N) is 1. The molecule has 0 aliphatic heterocycles. The molecule has 1 atom stereocenters. The van der Waals surface area contributed by atoms with Crippen LogP contribution >= 0.6 is 0 Å². The second-order valence-electron chi connectivity index (χ2n) is 5.62. The Hall–Kier alpha value is -2.48. The van der Waals surface area contributed by atoms with Gasteiger partial charge in [0.1, 0.15) is 5.78 Å². The summed E-state index contributed by atoms with van der Waals surface area (Å²) in [6.07, 6.45) is 2.99. The molecule has 0 aliphatic carbocycles. The van der Waals surface area contributed by atoms with Crippen molar-refractivity contribution in [3.63, 3.8) is 0 Å². The molecule has 1 aromatic rings. The number of carbonyl (C=O) groups excluding carboxylic acids is 3. The summed E-state index contributed by atoms with van der Waals surface area (Å²) >= 11 is 0. The van der Waals surface area contributed by atoms with Crippen LogP contribution in [0.25, 0.3) is 0 Å². The molecule has 24 heavy (non-hydrogen) atoms. The van der Waals surface area contributed by atoms with Crippen molar-refractivity contribution in [3.8, 4) is 6.07 Å². The predicted octanol–water partition coefficient (Wildman–Crippen LogP) is 3.46. The number of ketones is 2. The number of hydrogen-bond acceptors (Lipinski definition) is 5. The Morgan fingerprint density at radius 1 is 1.12 bits per heavy atom. The number of carbonyl (C=O) groups is 3. The van der Waals surface area contributed by atoms with Crippen molar-refractivity contribution in [3.05, 3.63) is 35.4 Å². The minimum absolute atomic E-state index is 0.158. The maximum absolute atomic E-state index is 12.5. The summed E-state index contributed by atoms with van der Waals surface area (Å²) in [4.78, 5) is 35.5. The zero-order chi connectivity index (χ0) is 17.9. The van der Waals surface area contributed by atoms with E-state index in [0.29, 0.717) is 43.4 Å². The molecule has 0 radical (unpaired) electrons. The smallest absolute Gasteiger partial charge is 0.305 e. The van der Waals surface area contributed by atoms with Crippen LogP contribution in [0.5, 0.6) is 0 Å². The maximum Gasteiger partial charge on any atom is 0.305 e. The van der Waals surface area contributed by atoms with Gasteiger partial charge in [0.25, 0.3) is 0 Å². The van der Waals surface area contributed by atoms with Crippen LogP contribution in [0.2, 0.25) is 0 Å². The Balaban J connectivity index is 2.51. The average molecular weight is 329 g/mol. The highest BCUT2D eigenvalue weighted by molar-refractivity contribution is 6.10. The molecule has 0 amide bonds. The molecule has 5 heteroatoms. The van der Waals surface area contributed by atoms with Crippen LogP contribution in [-0.2, 0) is 14.3 Å². The number of Topliss-reactive ketones (excluding diaryl/α,β-unsaturated/α-hetero) is 2. The van der Waals surface area contributed by atoms with E-state index in [1.807, 2.05) is 6.07 Å². The molecule has 128 valence electrons. The second kappa shape index (κ2) is 10.3. The van der Waals surface area contributed by atoms with Gasteiger partial charge in [-0.05, 0) is 38.8 Å². The number of rotatable bonds is 10. The van der Waals surface area contributed by atoms with Gasteiger partial charge in [-0.3, -0.25) is 14.4 Å². The molecule has 0 saturated carbocycles. The maximum atomic E-state index is 12.5. The number of ether oxygens (including phenoxy) is 1. The average Bonchev–Trinajstić information content (AvgIpc) is 2.57. The highest BCUT2D eigenvalue weighted by Crippen LogP contribution is 2.18. The van der Waals surface area contributed by atoms with Gasteiger partial charge in [-0.15, -0.1) is 0 Å². The number of benzene rings is 1. The first-order chi connectivity index (χ1) is 11.5. The molecule has 0 spiro atoms. The highest BCUT2D eigenvalue weighted by atomic mass is 16.5. The molecule has 0 N–H and O–H groups in total. The molecule has 0 aliphatic rings. The summed E-state index contributed by atoms with van der Waals surface area (Å²) in [5.41, 5.74) is 0.922. The first-order valence-electron chi connectivity index (χ1n) is 8.20. The number of hydrogen-bond donors (Lipinski definition) is 0. The molecule has 1 unspecified atom stereocenters. The van der Waals surface area contributed by atoms with Gasteiger partial charge in [-0.1, -0.05) is 25.0 Å². The molecule has 1 aromatic carbocycles. The van der Waals surface area contributed by atoms with Gasteiger partial charge in [0, 0.05) is 12.0 Å². The van der Waals surface area contributed by atoms with E-state index < -0.39 is 5.92 Å². The minimum Gasteiger partial charge on any atom is -0.466 e. The first kappa shape index (κ1) is 19.6. The fourth-order valence-electron chi connectivity index (χ4n) is 2.46. The van der Waals surface area contributed by atoms with E-state index in [-0.39, 0.29) is 17.5 Å². The van der Waals surface area contributed by atoms with Gasteiger partial charge < -0.3 is 4.74 Å². The molecule has 5 nitrogen and oxygen atoms in total. The lowest BCUT2D eigenvalue weighted by Crippen LogP contribution is -2.22. The third-order valence-electron chi connectivity index (χ3n) is 3.78. The van der Waals surface area contributed by atoms with Crippen molar-refractivity contribution in [1.29, 1.82) is 5.26 Å². The van der Waals surface area contributed by atoms with E-state index in [4.69, 9.17) is 10.00 Å². The summed E-state index contributed by atoms with van der Waals surface area (Å²) in [6.45, 7) is 3.57. The van der Waals surface area contributed by atoms with Gasteiger partial charge in [0.2, 0.25) is 0 Å². The number of nitriles is 1. The van der Waals surface area contributed by atoms with Gasteiger partial charge >= 0.3 is 5.97 Å². The fraction of sp³-hybridized carbons (Fsp3) is 0.474. The number of unbranched alkanes of at least 4 members (excludes halogenated alkanes) is 2. The largest absolute Gasteiger partial charge is 0.466 e. The van der Waals surface area contributed by atoms with Crippen molar-refractivity contribution in [2.24, 2.45) is 5.92 Å². The predicted molar refractivity (Wildman–Crippen MR) is 89.4 cm³/mol. The van der Waals surface area contributed by atoms with Crippen LogP contribution in [0.3, 0.4) is 0 Å². The van der Waals surface area contributed by atoms with Crippen LogP contribution < -0.4 is 0 Å². The van der Waals surface area contributed by atoms with Crippen molar-refractivity contribution < 1.29 is 19.1 Å². The van der Waals surface area contributed by atoms with Crippen molar-refractivity contribution in [2.45, 2.75) is 46.0 Å². The summed E-state index contributed by atoms with van der Waals surface area (Å²) in [7, 11) is 0. The Labute approximate surface area is 142 Å². The minimum atomic E-state index is -0.666. The van der Waals surface area contributed by atoms with Gasteiger partial charge in [-0.25, -0.2) is 0 Å². The monoisotopic (exact) mass is 329 g/mol. The summed E-state index contributed by atoms with van der Waals surface area (Å²) in [5, 5.41) is 8.78. The van der Waals surface area contributed by atoms with Gasteiger partial charge in [0.05, 0.1) is 24.2 Å². The van der Waals surface area contributed by atoms with Crippen molar-refractivity contribution in [2.75, 3.05) is 6.61 Å². The third-order valence-corrected chi connectivity index (χ3v) is 3.78. The standard InChI is InChI=1S/C19H23NO4/c1-3-24-18(22)8-6-4-5-7-17(14(2)21)19(23)16-11-9-15(13-20)10-12-16/h9-12,17H,3-8H2,1-2H3. The van der Waals surface area contributed by atoms with Crippen molar-refractivity contribution in [1.82, 2.24) is 0 Å². The van der Waals surface area contributed by atoms with E-state index in [9.17, 15) is 14.4 Å². The lowest BCUT2D eigenvalue weighted by atomic mass is 9.89. The molecule has 0 aromatic heterocycles. The van der Waals surface area contributed by atoms with Crippen LogP contribution in [0.15, 0.2) is 24.3 Å². The SMILES string of the molecule is CCOC(=O)CCCCCC(C(C)=O)C(=O)c1ccc(C#N)cc1. The lowest BCUT2D eigenvalue weighted by Gasteiger charge is -2.12. The zero-order valence-electron chi connectivity index (χ0n) is 14.2. The zero-order valence-corrected chi connectivity index (χ0v) is 14.2.